The second-order valence-electron chi connectivity index (χ2n) is 5.68. The number of hydrogen-bond acceptors (Lipinski definition) is 4. The number of halogens is 1. The molecule has 0 aliphatic rings. The lowest BCUT2D eigenvalue weighted by molar-refractivity contribution is 0.556. The Kier molecular flexibility index (Phi) is 5.29. The standard InChI is InChI=1S/C17H18ClN3O2S2/c1-12-5-6-14(18)11-17(12)25(22,23)19-7-8-21-13(2)10-15(20-21)16-4-3-9-24-16/h3-6,9-11,19H,7-8H2,1-2H3. The minimum absolute atomic E-state index is 0.205. The summed E-state index contributed by atoms with van der Waals surface area (Å²) in [4.78, 5) is 1.30. The summed E-state index contributed by atoms with van der Waals surface area (Å²) in [6.07, 6.45) is 0. The van der Waals surface area contributed by atoms with E-state index in [0.717, 1.165) is 16.3 Å². The summed E-state index contributed by atoms with van der Waals surface area (Å²) < 4.78 is 29.4. The number of nitrogens with one attached hydrogen (secondary N) is 1. The van der Waals surface area contributed by atoms with Gasteiger partial charge in [-0.3, -0.25) is 4.68 Å². The Hall–Kier alpha value is -1.67. The highest BCUT2D eigenvalue weighted by Crippen LogP contribution is 2.24. The molecule has 0 radical (unpaired) electrons. The number of sulfonamides is 1. The van der Waals surface area contributed by atoms with Crippen LogP contribution < -0.4 is 4.72 Å². The van der Waals surface area contributed by atoms with Crippen LogP contribution in [0.15, 0.2) is 46.7 Å². The minimum Gasteiger partial charge on any atom is -0.268 e. The molecule has 8 heteroatoms. The van der Waals surface area contributed by atoms with Crippen molar-refractivity contribution in [1.29, 1.82) is 0 Å². The largest absolute Gasteiger partial charge is 0.268 e. The van der Waals surface area contributed by atoms with Gasteiger partial charge in [-0.15, -0.1) is 11.3 Å². The summed E-state index contributed by atoms with van der Waals surface area (Å²) in [5.74, 6) is 0. The molecular formula is C17H18ClN3O2S2. The molecule has 25 heavy (non-hydrogen) atoms. The van der Waals surface area contributed by atoms with Crippen LogP contribution in [-0.4, -0.2) is 24.7 Å². The smallest absolute Gasteiger partial charge is 0.240 e. The van der Waals surface area contributed by atoms with E-state index in [9.17, 15) is 8.42 Å². The fourth-order valence-corrected chi connectivity index (χ4v) is 4.72. The highest BCUT2D eigenvalue weighted by Gasteiger charge is 2.17. The Morgan fingerprint density at radius 1 is 1.24 bits per heavy atom. The SMILES string of the molecule is Cc1ccc(Cl)cc1S(=O)(=O)NCCn1nc(-c2cccs2)cc1C. The maximum atomic E-state index is 12.5. The number of aromatic nitrogens is 2. The van der Waals surface area contributed by atoms with Gasteiger partial charge in [0, 0.05) is 17.3 Å². The van der Waals surface area contributed by atoms with Crippen LogP contribution in [0.25, 0.3) is 10.6 Å². The number of nitrogens with zero attached hydrogens (tertiary/aromatic N) is 2. The van der Waals surface area contributed by atoms with Crippen LogP contribution >= 0.6 is 22.9 Å². The van der Waals surface area contributed by atoms with Crippen LogP contribution in [0.3, 0.4) is 0 Å². The molecule has 0 bridgehead atoms. The molecule has 0 unspecified atom stereocenters. The maximum absolute atomic E-state index is 12.5. The molecule has 1 aromatic carbocycles. The summed E-state index contributed by atoms with van der Waals surface area (Å²) in [7, 11) is -3.61. The second kappa shape index (κ2) is 7.29. The molecule has 0 saturated heterocycles. The van der Waals surface area contributed by atoms with E-state index >= 15 is 0 Å². The number of hydrogen-bond donors (Lipinski definition) is 1. The van der Waals surface area contributed by atoms with E-state index in [1.807, 2.05) is 35.2 Å². The number of benzene rings is 1. The Morgan fingerprint density at radius 2 is 2.04 bits per heavy atom. The Balaban J connectivity index is 1.69. The van der Waals surface area contributed by atoms with Gasteiger partial charge in [0.05, 0.1) is 16.3 Å². The van der Waals surface area contributed by atoms with Crippen LogP contribution in [0.5, 0.6) is 0 Å². The van der Waals surface area contributed by atoms with Crippen molar-refractivity contribution in [2.45, 2.75) is 25.3 Å². The topological polar surface area (TPSA) is 64.0 Å². The Bertz CT molecular complexity index is 979. The Labute approximate surface area is 156 Å². The van der Waals surface area contributed by atoms with Crippen LogP contribution in [0.1, 0.15) is 11.3 Å². The van der Waals surface area contributed by atoms with Crippen molar-refractivity contribution in [2.24, 2.45) is 0 Å². The van der Waals surface area contributed by atoms with Gasteiger partial charge in [0.1, 0.15) is 5.69 Å². The average molecular weight is 396 g/mol. The second-order valence-corrected chi connectivity index (χ2v) is 8.80. The highest BCUT2D eigenvalue weighted by atomic mass is 35.5. The van der Waals surface area contributed by atoms with Crippen molar-refractivity contribution < 1.29 is 8.42 Å². The van der Waals surface area contributed by atoms with E-state index in [1.165, 1.54) is 6.07 Å². The first-order valence-corrected chi connectivity index (χ1v) is 10.4. The van der Waals surface area contributed by atoms with Crippen LogP contribution in [-0.2, 0) is 16.6 Å². The molecule has 0 aliphatic heterocycles. The lowest BCUT2D eigenvalue weighted by Gasteiger charge is -2.10. The fraction of sp³-hybridized carbons (Fsp3) is 0.235. The maximum Gasteiger partial charge on any atom is 0.240 e. The van der Waals surface area contributed by atoms with Gasteiger partial charge in [-0.2, -0.15) is 5.10 Å². The third-order valence-corrected chi connectivity index (χ3v) is 6.54. The van der Waals surface area contributed by atoms with Gasteiger partial charge in [0.15, 0.2) is 0 Å². The van der Waals surface area contributed by atoms with Crippen molar-refractivity contribution in [3.63, 3.8) is 0 Å². The van der Waals surface area contributed by atoms with E-state index in [2.05, 4.69) is 9.82 Å². The molecule has 0 amide bonds. The van der Waals surface area contributed by atoms with E-state index in [1.54, 1.807) is 30.4 Å². The summed E-state index contributed by atoms with van der Waals surface area (Å²) in [5.41, 5.74) is 2.55. The van der Waals surface area contributed by atoms with Gasteiger partial charge in [0.2, 0.25) is 10.0 Å². The zero-order valence-corrected chi connectivity index (χ0v) is 16.2. The van der Waals surface area contributed by atoms with Crippen molar-refractivity contribution in [2.75, 3.05) is 6.54 Å². The van der Waals surface area contributed by atoms with Gasteiger partial charge in [-0.05, 0) is 49.1 Å². The molecule has 2 aromatic heterocycles. The van der Waals surface area contributed by atoms with Gasteiger partial charge in [-0.25, -0.2) is 13.1 Å². The van der Waals surface area contributed by atoms with E-state index < -0.39 is 10.0 Å². The van der Waals surface area contributed by atoms with Crippen LogP contribution in [0, 0.1) is 13.8 Å². The molecule has 0 spiro atoms. The molecule has 3 aromatic rings. The first kappa shape index (κ1) is 18.1. The predicted octanol–water partition coefficient (Wildman–Crippen LogP) is 3.86. The van der Waals surface area contributed by atoms with Gasteiger partial charge in [-0.1, -0.05) is 23.7 Å². The molecular weight excluding hydrogens is 378 g/mol. The van der Waals surface area contributed by atoms with Crippen molar-refractivity contribution >= 4 is 33.0 Å². The monoisotopic (exact) mass is 395 g/mol. The zero-order chi connectivity index (χ0) is 18.0. The Morgan fingerprint density at radius 3 is 2.76 bits per heavy atom. The molecule has 2 heterocycles. The van der Waals surface area contributed by atoms with Crippen molar-refractivity contribution in [1.82, 2.24) is 14.5 Å². The molecule has 1 N–H and O–H groups in total. The van der Waals surface area contributed by atoms with Crippen molar-refractivity contribution in [3.05, 3.63) is 58.1 Å². The van der Waals surface area contributed by atoms with Crippen LogP contribution in [0.2, 0.25) is 5.02 Å². The third kappa shape index (κ3) is 4.12. The number of thiophene rings is 1. The lowest BCUT2D eigenvalue weighted by atomic mass is 10.2. The number of rotatable bonds is 6. The van der Waals surface area contributed by atoms with E-state index in [-0.39, 0.29) is 11.4 Å². The molecule has 3 rings (SSSR count). The molecule has 5 nitrogen and oxygen atoms in total. The summed E-state index contributed by atoms with van der Waals surface area (Å²) in [6, 6.07) is 10.8. The van der Waals surface area contributed by atoms with E-state index in [4.69, 9.17) is 11.6 Å². The molecule has 132 valence electrons. The van der Waals surface area contributed by atoms with Gasteiger partial charge in [0.25, 0.3) is 0 Å². The van der Waals surface area contributed by atoms with Crippen LogP contribution in [0.4, 0.5) is 0 Å². The molecule has 0 aliphatic carbocycles. The molecule has 0 atom stereocenters. The first-order chi connectivity index (χ1) is 11.9. The predicted molar refractivity (Wildman–Crippen MR) is 102 cm³/mol. The van der Waals surface area contributed by atoms with Crippen molar-refractivity contribution in [3.8, 4) is 10.6 Å². The first-order valence-electron chi connectivity index (χ1n) is 7.71. The van der Waals surface area contributed by atoms with Gasteiger partial charge < -0.3 is 0 Å². The highest BCUT2D eigenvalue weighted by molar-refractivity contribution is 7.89. The summed E-state index contributed by atoms with van der Waals surface area (Å²) in [6.45, 7) is 4.41. The molecule has 0 fully saturated rings. The fourth-order valence-electron chi connectivity index (χ4n) is 2.51. The third-order valence-electron chi connectivity index (χ3n) is 3.81. The number of aryl methyl sites for hydroxylation is 2. The quantitative estimate of drug-likeness (QED) is 0.689. The van der Waals surface area contributed by atoms with Gasteiger partial charge >= 0.3 is 0 Å². The minimum atomic E-state index is -3.61. The normalized spacial score (nSPS) is 11.8. The summed E-state index contributed by atoms with van der Waals surface area (Å²) in [5, 5.41) is 6.95. The molecule has 0 saturated carbocycles. The summed E-state index contributed by atoms with van der Waals surface area (Å²) >= 11 is 7.55. The van der Waals surface area contributed by atoms with E-state index in [0.29, 0.717) is 17.1 Å². The average Bonchev–Trinajstić information content (AvgIpc) is 3.20. The zero-order valence-electron chi connectivity index (χ0n) is 13.9. The lowest BCUT2D eigenvalue weighted by Crippen LogP contribution is -2.28.